The van der Waals surface area contributed by atoms with Crippen LogP contribution in [0.25, 0.3) is 0 Å². The highest BCUT2D eigenvalue weighted by Crippen LogP contribution is 2.19. The molecular formula is C8H9NO5S. The zero-order valence-electron chi connectivity index (χ0n) is 7.54. The lowest BCUT2D eigenvalue weighted by atomic mass is 10.1. The number of nitrogens with two attached hydrogens (primary N) is 1. The highest BCUT2D eigenvalue weighted by molar-refractivity contribution is 7.85. The lowest BCUT2D eigenvalue weighted by molar-refractivity contribution is -0.136. The summed E-state index contributed by atoms with van der Waals surface area (Å²) in [6, 6.07) is 3.65. The number of carboxylic acids is 1. The maximum absolute atomic E-state index is 10.9. The second-order valence-electron chi connectivity index (χ2n) is 2.91. The minimum absolute atomic E-state index is 0.000741. The third-order valence-corrected chi connectivity index (χ3v) is 2.65. The van der Waals surface area contributed by atoms with Gasteiger partial charge in [-0.1, -0.05) is 6.07 Å². The van der Waals surface area contributed by atoms with E-state index in [0.29, 0.717) is 0 Å². The average molecular weight is 231 g/mol. The van der Waals surface area contributed by atoms with Gasteiger partial charge < -0.3 is 10.8 Å². The molecular weight excluding hydrogens is 222 g/mol. The van der Waals surface area contributed by atoms with Crippen molar-refractivity contribution in [2.24, 2.45) is 0 Å². The van der Waals surface area contributed by atoms with Gasteiger partial charge in [0.2, 0.25) is 0 Å². The third kappa shape index (κ3) is 2.93. The van der Waals surface area contributed by atoms with Crippen molar-refractivity contribution in [3.63, 3.8) is 0 Å². The molecule has 1 aromatic carbocycles. The van der Waals surface area contributed by atoms with E-state index in [1.807, 2.05) is 0 Å². The Hall–Kier alpha value is -1.60. The molecule has 0 amide bonds. The second-order valence-corrected chi connectivity index (χ2v) is 4.30. The normalized spacial score (nSPS) is 11.3. The Balaban J connectivity index is 3.33. The van der Waals surface area contributed by atoms with Gasteiger partial charge in [0.15, 0.2) is 0 Å². The highest BCUT2D eigenvalue weighted by atomic mass is 32.2. The van der Waals surface area contributed by atoms with E-state index < -0.39 is 27.4 Å². The van der Waals surface area contributed by atoms with E-state index in [4.69, 9.17) is 15.4 Å². The first-order valence-electron chi connectivity index (χ1n) is 3.88. The molecule has 0 aliphatic heterocycles. The quantitative estimate of drug-likeness (QED) is 0.503. The molecule has 0 spiro atoms. The van der Waals surface area contributed by atoms with Crippen LogP contribution in [-0.4, -0.2) is 24.0 Å². The topological polar surface area (TPSA) is 118 Å². The van der Waals surface area contributed by atoms with Crippen molar-refractivity contribution in [2.45, 2.75) is 11.3 Å². The molecule has 1 aromatic rings. The van der Waals surface area contributed by atoms with Crippen LogP contribution in [0.1, 0.15) is 5.56 Å². The monoisotopic (exact) mass is 231 g/mol. The molecule has 7 heteroatoms. The molecule has 6 nitrogen and oxygen atoms in total. The van der Waals surface area contributed by atoms with Crippen LogP contribution in [0.15, 0.2) is 23.1 Å². The van der Waals surface area contributed by atoms with Crippen LogP contribution in [0.4, 0.5) is 5.69 Å². The molecule has 0 atom stereocenters. The van der Waals surface area contributed by atoms with Gasteiger partial charge in [-0.3, -0.25) is 9.35 Å². The number of carbonyl (C=O) groups is 1. The van der Waals surface area contributed by atoms with Crippen molar-refractivity contribution >= 4 is 21.8 Å². The van der Waals surface area contributed by atoms with Gasteiger partial charge in [0, 0.05) is 5.69 Å². The van der Waals surface area contributed by atoms with Gasteiger partial charge in [0.05, 0.1) is 11.3 Å². The van der Waals surface area contributed by atoms with Crippen LogP contribution in [0.5, 0.6) is 0 Å². The summed E-state index contributed by atoms with van der Waals surface area (Å²) in [7, 11) is -4.44. The van der Waals surface area contributed by atoms with Crippen LogP contribution in [0.3, 0.4) is 0 Å². The van der Waals surface area contributed by atoms with E-state index in [9.17, 15) is 13.2 Å². The zero-order valence-corrected chi connectivity index (χ0v) is 8.36. The van der Waals surface area contributed by atoms with Crippen molar-refractivity contribution in [3.8, 4) is 0 Å². The molecule has 0 aromatic heterocycles. The summed E-state index contributed by atoms with van der Waals surface area (Å²) < 4.78 is 30.6. The second kappa shape index (κ2) is 3.87. The van der Waals surface area contributed by atoms with Crippen LogP contribution in [0, 0.1) is 0 Å². The Morgan fingerprint density at radius 2 is 2.00 bits per heavy atom. The van der Waals surface area contributed by atoms with Crippen LogP contribution in [-0.2, 0) is 21.3 Å². The number of nitrogen functional groups attached to an aromatic ring is 1. The van der Waals surface area contributed by atoms with Crippen molar-refractivity contribution in [3.05, 3.63) is 23.8 Å². The Kier molecular flexibility index (Phi) is 2.96. The van der Waals surface area contributed by atoms with Gasteiger partial charge in [-0.15, -0.1) is 0 Å². The number of hydrogen-bond acceptors (Lipinski definition) is 4. The zero-order chi connectivity index (χ0) is 11.6. The molecule has 0 saturated heterocycles. The molecule has 15 heavy (non-hydrogen) atoms. The third-order valence-electron chi connectivity index (χ3n) is 1.71. The van der Waals surface area contributed by atoms with Gasteiger partial charge in [-0.2, -0.15) is 8.42 Å². The van der Waals surface area contributed by atoms with Gasteiger partial charge in [0.25, 0.3) is 10.1 Å². The lowest BCUT2D eigenvalue weighted by Gasteiger charge is -2.05. The predicted molar refractivity (Wildman–Crippen MR) is 52.0 cm³/mol. The highest BCUT2D eigenvalue weighted by Gasteiger charge is 2.17. The van der Waals surface area contributed by atoms with E-state index >= 15 is 0 Å². The Morgan fingerprint density at radius 3 is 2.47 bits per heavy atom. The number of rotatable bonds is 3. The summed E-state index contributed by atoms with van der Waals surface area (Å²) in [6.07, 6.45) is -0.491. The van der Waals surface area contributed by atoms with Gasteiger partial charge in [-0.25, -0.2) is 0 Å². The Morgan fingerprint density at radius 1 is 1.40 bits per heavy atom. The summed E-state index contributed by atoms with van der Waals surface area (Å²) in [6.45, 7) is 0. The number of hydrogen-bond donors (Lipinski definition) is 3. The van der Waals surface area contributed by atoms with E-state index in [1.54, 1.807) is 0 Å². The Bertz CT molecular complexity index is 494. The summed E-state index contributed by atoms with van der Waals surface area (Å²) in [5, 5.41) is 8.52. The fourth-order valence-electron chi connectivity index (χ4n) is 1.12. The molecule has 1 rings (SSSR count). The largest absolute Gasteiger partial charge is 0.481 e. The number of anilines is 1. The fraction of sp³-hybridized carbons (Fsp3) is 0.125. The summed E-state index contributed by atoms with van der Waals surface area (Å²) in [5.74, 6) is -1.19. The van der Waals surface area contributed by atoms with Crippen LogP contribution < -0.4 is 5.73 Å². The predicted octanol–water partition coefficient (Wildman–Crippen LogP) is 0.143. The van der Waals surface area contributed by atoms with Crippen molar-refractivity contribution in [1.82, 2.24) is 0 Å². The molecule has 0 fully saturated rings. The van der Waals surface area contributed by atoms with Gasteiger partial charge >= 0.3 is 5.97 Å². The Labute approximate surface area is 86.1 Å². The fourth-order valence-corrected chi connectivity index (χ4v) is 1.88. The molecule has 0 radical (unpaired) electrons. The van der Waals surface area contributed by atoms with Gasteiger partial charge in [0.1, 0.15) is 0 Å². The SMILES string of the molecule is Nc1ccc(CC(=O)O)c(S(=O)(=O)O)c1. The number of aliphatic carboxylic acids is 1. The maximum Gasteiger partial charge on any atom is 0.307 e. The summed E-state index contributed by atoms with van der Waals surface area (Å²) in [4.78, 5) is 9.96. The first-order valence-corrected chi connectivity index (χ1v) is 5.32. The van der Waals surface area contributed by atoms with Crippen LogP contribution in [0.2, 0.25) is 0 Å². The van der Waals surface area contributed by atoms with Gasteiger partial charge in [-0.05, 0) is 17.7 Å². The molecule has 0 unspecified atom stereocenters. The number of benzene rings is 1. The van der Waals surface area contributed by atoms with E-state index in [0.717, 1.165) is 6.07 Å². The maximum atomic E-state index is 10.9. The molecule has 4 N–H and O–H groups in total. The smallest absolute Gasteiger partial charge is 0.307 e. The molecule has 0 bridgehead atoms. The minimum atomic E-state index is -4.44. The molecule has 82 valence electrons. The van der Waals surface area contributed by atoms with Crippen molar-refractivity contribution in [1.29, 1.82) is 0 Å². The van der Waals surface area contributed by atoms with Crippen molar-refractivity contribution < 1.29 is 22.9 Å². The minimum Gasteiger partial charge on any atom is -0.481 e. The number of carboxylic acid groups (broad SMARTS) is 1. The summed E-state index contributed by atoms with van der Waals surface area (Å²) >= 11 is 0. The first-order chi connectivity index (χ1) is 6.80. The molecule has 0 aliphatic carbocycles. The molecule has 0 heterocycles. The van der Waals surface area contributed by atoms with Crippen LogP contribution >= 0.6 is 0 Å². The molecule has 0 saturated carbocycles. The van der Waals surface area contributed by atoms with Crippen molar-refractivity contribution in [2.75, 3.05) is 5.73 Å². The van der Waals surface area contributed by atoms with E-state index in [2.05, 4.69) is 0 Å². The van der Waals surface area contributed by atoms with E-state index in [1.165, 1.54) is 12.1 Å². The van der Waals surface area contributed by atoms with E-state index in [-0.39, 0.29) is 11.3 Å². The first kappa shape index (κ1) is 11.5. The summed E-state index contributed by atoms with van der Waals surface area (Å²) in [5.41, 5.74) is 5.47. The standard InChI is InChI=1S/C8H9NO5S/c9-6-2-1-5(3-8(10)11)7(4-6)15(12,13)14/h1-2,4H,3,9H2,(H,10,11)(H,12,13,14). The average Bonchev–Trinajstić information content (AvgIpc) is 2.05. The molecule has 0 aliphatic rings. The lowest BCUT2D eigenvalue weighted by Crippen LogP contribution is -2.08.